The van der Waals surface area contributed by atoms with Gasteiger partial charge in [0.2, 0.25) is 0 Å². The lowest BCUT2D eigenvalue weighted by Gasteiger charge is -2.43. The van der Waals surface area contributed by atoms with Crippen molar-refractivity contribution < 1.29 is 14.3 Å². The Morgan fingerprint density at radius 1 is 1.42 bits per heavy atom. The summed E-state index contributed by atoms with van der Waals surface area (Å²) in [5.41, 5.74) is 2.01. The van der Waals surface area contributed by atoms with E-state index in [1.807, 2.05) is 25.3 Å². The number of aromatic nitrogens is 2. The zero-order chi connectivity index (χ0) is 18.1. The molecule has 0 aliphatic heterocycles. The van der Waals surface area contributed by atoms with Crippen LogP contribution in [0.3, 0.4) is 0 Å². The summed E-state index contributed by atoms with van der Waals surface area (Å²) in [7, 11) is 0. The smallest absolute Gasteiger partial charge is 0.317 e. The SMILES string of the molecule is Cc1ccc(-c2[nH]ncc2CNC2CC(N(CC(=O)O)CC3CC3)C2)o1. The quantitative estimate of drug-likeness (QED) is 0.637. The third-order valence-electron chi connectivity index (χ3n) is 5.44. The van der Waals surface area contributed by atoms with Crippen molar-refractivity contribution in [2.75, 3.05) is 13.1 Å². The van der Waals surface area contributed by atoms with Gasteiger partial charge in [0.1, 0.15) is 11.5 Å². The molecule has 0 radical (unpaired) electrons. The molecule has 0 spiro atoms. The number of hydrogen-bond acceptors (Lipinski definition) is 5. The van der Waals surface area contributed by atoms with Crippen molar-refractivity contribution in [3.8, 4) is 11.5 Å². The van der Waals surface area contributed by atoms with Gasteiger partial charge >= 0.3 is 5.97 Å². The summed E-state index contributed by atoms with van der Waals surface area (Å²) in [6.07, 6.45) is 6.35. The third-order valence-corrected chi connectivity index (χ3v) is 5.44. The fraction of sp³-hybridized carbons (Fsp3) is 0.579. The lowest BCUT2D eigenvalue weighted by Crippen LogP contribution is -2.54. The van der Waals surface area contributed by atoms with E-state index in [0.717, 1.165) is 48.7 Å². The molecule has 0 unspecified atom stereocenters. The van der Waals surface area contributed by atoms with Gasteiger partial charge in [-0.3, -0.25) is 14.8 Å². The number of aliphatic carboxylic acids is 1. The van der Waals surface area contributed by atoms with Crippen LogP contribution >= 0.6 is 0 Å². The molecule has 2 fully saturated rings. The van der Waals surface area contributed by atoms with Crippen molar-refractivity contribution >= 4 is 5.97 Å². The number of hydrogen-bond donors (Lipinski definition) is 3. The lowest BCUT2D eigenvalue weighted by molar-refractivity contribution is -0.139. The average Bonchev–Trinajstić information content (AvgIpc) is 3.06. The summed E-state index contributed by atoms with van der Waals surface area (Å²) in [4.78, 5) is 13.3. The maximum atomic E-state index is 11.1. The average molecular weight is 358 g/mol. The Kier molecular flexibility index (Phi) is 4.82. The molecule has 3 N–H and O–H groups in total. The van der Waals surface area contributed by atoms with E-state index < -0.39 is 5.97 Å². The second kappa shape index (κ2) is 7.25. The number of nitrogens with one attached hydrogen (secondary N) is 2. The van der Waals surface area contributed by atoms with E-state index in [-0.39, 0.29) is 6.54 Å². The van der Waals surface area contributed by atoms with Crippen molar-refractivity contribution in [3.63, 3.8) is 0 Å². The minimum absolute atomic E-state index is 0.164. The van der Waals surface area contributed by atoms with E-state index in [2.05, 4.69) is 20.4 Å². The standard InChI is InChI=1S/C19H26N4O3/c1-12-2-5-17(26-12)19-14(9-21-22-19)8-20-15-6-16(7-15)23(11-18(24)25)10-13-3-4-13/h2,5,9,13,15-16,20H,3-4,6-8,10-11H2,1H3,(H,21,22)(H,24,25). The van der Waals surface area contributed by atoms with Gasteiger partial charge < -0.3 is 14.8 Å². The highest BCUT2D eigenvalue weighted by Gasteiger charge is 2.36. The first-order valence-electron chi connectivity index (χ1n) is 9.36. The second-order valence-electron chi connectivity index (χ2n) is 7.65. The highest BCUT2D eigenvalue weighted by atomic mass is 16.4. The molecule has 7 nitrogen and oxygen atoms in total. The number of furan rings is 1. The van der Waals surface area contributed by atoms with E-state index in [9.17, 15) is 4.79 Å². The molecule has 2 saturated carbocycles. The first-order chi connectivity index (χ1) is 12.6. The molecular weight excluding hydrogens is 332 g/mol. The highest BCUT2D eigenvalue weighted by Crippen LogP contribution is 2.34. The molecule has 0 amide bonds. The zero-order valence-electron chi connectivity index (χ0n) is 15.1. The maximum absolute atomic E-state index is 11.1. The summed E-state index contributed by atoms with van der Waals surface area (Å²) in [6, 6.07) is 4.71. The van der Waals surface area contributed by atoms with Crippen molar-refractivity contribution in [2.45, 2.75) is 51.2 Å². The van der Waals surface area contributed by atoms with Gasteiger partial charge in [-0.1, -0.05) is 0 Å². The van der Waals surface area contributed by atoms with Gasteiger partial charge in [0.05, 0.1) is 12.7 Å². The molecule has 2 aliphatic rings. The monoisotopic (exact) mass is 358 g/mol. The number of rotatable bonds is 9. The van der Waals surface area contributed by atoms with E-state index in [4.69, 9.17) is 9.52 Å². The molecule has 0 aromatic carbocycles. The van der Waals surface area contributed by atoms with Crippen LogP contribution in [-0.4, -0.2) is 51.3 Å². The molecule has 0 saturated heterocycles. The molecule has 26 heavy (non-hydrogen) atoms. The Labute approximate surface area is 152 Å². The minimum atomic E-state index is -0.723. The molecule has 7 heteroatoms. The van der Waals surface area contributed by atoms with Gasteiger partial charge in [-0.25, -0.2) is 0 Å². The molecule has 2 aromatic heterocycles. The van der Waals surface area contributed by atoms with E-state index in [1.54, 1.807) is 0 Å². The van der Waals surface area contributed by atoms with Crippen LogP contribution in [0, 0.1) is 12.8 Å². The molecule has 2 aromatic rings. The summed E-state index contributed by atoms with van der Waals surface area (Å²) in [5, 5.41) is 19.9. The third kappa shape index (κ3) is 3.99. The summed E-state index contributed by atoms with van der Waals surface area (Å²) in [6.45, 7) is 3.76. The molecule has 0 bridgehead atoms. The Morgan fingerprint density at radius 2 is 2.23 bits per heavy atom. The number of aryl methyl sites for hydroxylation is 1. The molecule has 140 valence electrons. The van der Waals surface area contributed by atoms with Crippen LogP contribution in [0.15, 0.2) is 22.7 Å². The van der Waals surface area contributed by atoms with Crippen LogP contribution in [0.2, 0.25) is 0 Å². The van der Waals surface area contributed by atoms with Crippen molar-refractivity contribution in [1.29, 1.82) is 0 Å². The van der Waals surface area contributed by atoms with Crippen LogP contribution in [-0.2, 0) is 11.3 Å². The Hall–Kier alpha value is -2.12. The predicted octanol–water partition coefficient (Wildman–Crippen LogP) is 2.40. The normalized spacial score (nSPS) is 22.5. The molecule has 4 rings (SSSR count). The van der Waals surface area contributed by atoms with Crippen LogP contribution in [0.4, 0.5) is 0 Å². The molecule has 0 atom stereocenters. The Bertz CT molecular complexity index is 758. The topological polar surface area (TPSA) is 94.4 Å². The minimum Gasteiger partial charge on any atom is -0.480 e. The van der Waals surface area contributed by atoms with Gasteiger partial charge in [0.25, 0.3) is 0 Å². The van der Waals surface area contributed by atoms with Crippen molar-refractivity contribution in [2.24, 2.45) is 5.92 Å². The first kappa shape index (κ1) is 17.3. The van der Waals surface area contributed by atoms with Crippen molar-refractivity contribution in [1.82, 2.24) is 20.4 Å². The summed E-state index contributed by atoms with van der Waals surface area (Å²) < 4.78 is 5.68. The molecular formula is C19H26N4O3. The van der Waals surface area contributed by atoms with Gasteiger partial charge in [-0.05, 0) is 50.7 Å². The highest BCUT2D eigenvalue weighted by molar-refractivity contribution is 5.69. The van der Waals surface area contributed by atoms with E-state index in [0.29, 0.717) is 18.0 Å². The number of carboxylic acids is 1. The van der Waals surface area contributed by atoms with E-state index in [1.165, 1.54) is 12.8 Å². The van der Waals surface area contributed by atoms with Crippen LogP contribution in [0.1, 0.15) is 37.0 Å². The number of H-pyrrole nitrogens is 1. The van der Waals surface area contributed by atoms with Gasteiger partial charge in [-0.2, -0.15) is 5.10 Å². The fourth-order valence-corrected chi connectivity index (χ4v) is 3.68. The van der Waals surface area contributed by atoms with Crippen molar-refractivity contribution in [3.05, 3.63) is 29.7 Å². The number of carboxylic acid groups (broad SMARTS) is 1. The van der Waals surface area contributed by atoms with Crippen LogP contribution in [0.5, 0.6) is 0 Å². The molecule has 2 heterocycles. The van der Waals surface area contributed by atoms with E-state index >= 15 is 0 Å². The van der Waals surface area contributed by atoms with Crippen LogP contribution < -0.4 is 5.32 Å². The Morgan fingerprint density at radius 3 is 2.88 bits per heavy atom. The summed E-state index contributed by atoms with van der Waals surface area (Å²) in [5.74, 6) is 1.68. The number of nitrogens with zero attached hydrogens (tertiary/aromatic N) is 2. The molecule has 2 aliphatic carbocycles. The largest absolute Gasteiger partial charge is 0.480 e. The lowest BCUT2D eigenvalue weighted by atomic mass is 9.85. The van der Waals surface area contributed by atoms with Crippen LogP contribution in [0.25, 0.3) is 11.5 Å². The zero-order valence-corrected chi connectivity index (χ0v) is 15.1. The van der Waals surface area contributed by atoms with Gasteiger partial charge in [0.15, 0.2) is 5.76 Å². The fourth-order valence-electron chi connectivity index (χ4n) is 3.68. The predicted molar refractivity (Wildman–Crippen MR) is 96.6 cm³/mol. The van der Waals surface area contributed by atoms with Gasteiger partial charge in [0, 0.05) is 30.7 Å². The Balaban J connectivity index is 1.28. The van der Waals surface area contributed by atoms with Gasteiger partial charge in [-0.15, -0.1) is 0 Å². The first-order valence-corrected chi connectivity index (χ1v) is 9.36. The number of aromatic amines is 1. The second-order valence-corrected chi connectivity index (χ2v) is 7.65. The summed E-state index contributed by atoms with van der Waals surface area (Å²) >= 11 is 0. The maximum Gasteiger partial charge on any atom is 0.317 e. The number of carbonyl (C=O) groups is 1.